The third-order valence-electron chi connectivity index (χ3n) is 2.59. The van der Waals surface area contributed by atoms with E-state index in [9.17, 15) is 0 Å². The summed E-state index contributed by atoms with van der Waals surface area (Å²) in [5, 5.41) is 0. The average Bonchev–Trinajstić information content (AvgIpc) is 2.44. The van der Waals surface area contributed by atoms with Gasteiger partial charge in [-0.1, -0.05) is 0 Å². The Bertz CT molecular complexity index is 587. The molecule has 0 amide bonds. The number of nitrogen functional groups attached to an aromatic ring is 2. The number of ether oxygens (including phenoxy) is 3. The first kappa shape index (κ1) is 13.7. The van der Waals surface area contributed by atoms with Crippen LogP contribution >= 0.6 is 0 Å². The van der Waals surface area contributed by atoms with Crippen molar-refractivity contribution in [2.45, 2.75) is 0 Å². The Labute approximate surface area is 115 Å². The summed E-state index contributed by atoms with van der Waals surface area (Å²) in [6, 6.07) is 3.41. The zero-order chi connectivity index (χ0) is 14.7. The monoisotopic (exact) mass is 277 g/mol. The molecule has 0 radical (unpaired) electrons. The third kappa shape index (κ3) is 2.48. The normalized spacial score (nSPS) is 10.2. The molecule has 1 aromatic carbocycles. The van der Waals surface area contributed by atoms with E-state index in [-0.39, 0.29) is 11.9 Å². The highest BCUT2D eigenvalue weighted by Gasteiger charge is 2.16. The van der Waals surface area contributed by atoms with Gasteiger partial charge in [-0.15, -0.1) is 0 Å². The number of nitrogens with two attached hydrogens (primary N) is 2. The van der Waals surface area contributed by atoms with Crippen molar-refractivity contribution < 1.29 is 14.2 Å². The summed E-state index contributed by atoms with van der Waals surface area (Å²) in [6.45, 7) is 0. The highest BCUT2D eigenvalue weighted by Crippen LogP contribution is 2.40. The van der Waals surface area contributed by atoms with Crippen molar-refractivity contribution in [3.05, 3.63) is 12.1 Å². The zero-order valence-corrected chi connectivity index (χ0v) is 11.4. The molecule has 2 aromatic rings. The van der Waals surface area contributed by atoms with Crippen LogP contribution in [0.3, 0.4) is 0 Å². The lowest BCUT2D eigenvalue weighted by atomic mass is 10.1. The van der Waals surface area contributed by atoms with E-state index < -0.39 is 0 Å². The van der Waals surface area contributed by atoms with Gasteiger partial charge in [-0.3, -0.25) is 0 Å². The predicted octanol–water partition coefficient (Wildman–Crippen LogP) is 0.729. The van der Waals surface area contributed by atoms with Crippen LogP contribution in [0.1, 0.15) is 0 Å². The SMILES string of the molecule is COc1cc(-c2nc(N)nc(N)n2)cc(OC)c1OC. The number of rotatable bonds is 4. The van der Waals surface area contributed by atoms with Crippen LogP contribution in [0.4, 0.5) is 11.9 Å². The van der Waals surface area contributed by atoms with Gasteiger partial charge in [0.05, 0.1) is 21.3 Å². The van der Waals surface area contributed by atoms with E-state index >= 15 is 0 Å². The number of nitrogens with zero attached hydrogens (tertiary/aromatic N) is 3. The summed E-state index contributed by atoms with van der Waals surface area (Å²) in [6.07, 6.45) is 0. The molecule has 0 unspecified atom stereocenters. The van der Waals surface area contributed by atoms with Gasteiger partial charge < -0.3 is 25.7 Å². The minimum atomic E-state index is 0.0428. The number of benzene rings is 1. The van der Waals surface area contributed by atoms with Crippen LogP contribution in [0.5, 0.6) is 17.2 Å². The van der Waals surface area contributed by atoms with Gasteiger partial charge in [-0.05, 0) is 12.1 Å². The van der Waals surface area contributed by atoms with Gasteiger partial charge in [0.1, 0.15) is 0 Å². The Kier molecular flexibility index (Phi) is 3.74. The van der Waals surface area contributed by atoms with Crippen LogP contribution in [0.25, 0.3) is 11.4 Å². The molecule has 1 aromatic heterocycles. The third-order valence-corrected chi connectivity index (χ3v) is 2.59. The van der Waals surface area contributed by atoms with Gasteiger partial charge in [0.15, 0.2) is 17.3 Å². The quantitative estimate of drug-likeness (QED) is 0.839. The fourth-order valence-corrected chi connectivity index (χ4v) is 1.75. The lowest BCUT2D eigenvalue weighted by Crippen LogP contribution is -2.04. The summed E-state index contributed by atoms with van der Waals surface area (Å²) in [7, 11) is 4.58. The van der Waals surface area contributed by atoms with Crippen LogP contribution in [-0.2, 0) is 0 Å². The molecule has 0 saturated carbocycles. The van der Waals surface area contributed by atoms with E-state index in [0.717, 1.165) is 0 Å². The molecule has 4 N–H and O–H groups in total. The lowest BCUT2D eigenvalue weighted by molar-refractivity contribution is 0.324. The summed E-state index contributed by atoms with van der Waals surface area (Å²) in [5.74, 6) is 1.87. The standard InChI is InChI=1S/C12H15N5O3/c1-18-7-4-6(5-8(19-2)9(7)20-3)10-15-11(13)17-12(14)16-10/h4-5H,1-3H3,(H4,13,14,15,16,17). The molecule has 1 heterocycles. The maximum absolute atomic E-state index is 5.56. The molecule has 2 rings (SSSR count). The Morgan fingerprint density at radius 3 is 1.70 bits per heavy atom. The Hall–Kier alpha value is -2.77. The molecule has 0 aliphatic carbocycles. The van der Waals surface area contributed by atoms with Gasteiger partial charge in [0.25, 0.3) is 0 Å². The topological polar surface area (TPSA) is 118 Å². The van der Waals surface area contributed by atoms with Crippen molar-refractivity contribution in [1.82, 2.24) is 15.0 Å². The minimum absolute atomic E-state index is 0.0428. The molecular weight excluding hydrogens is 262 g/mol. The smallest absolute Gasteiger partial charge is 0.225 e. The number of aromatic nitrogens is 3. The van der Waals surface area contributed by atoms with Crippen molar-refractivity contribution in [2.24, 2.45) is 0 Å². The summed E-state index contributed by atoms with van der Waals surface area (Å²) < 4.78 is 15.8. The molecule has 106 valence electrons. The van der Waals surface area contributed by atoms with E-state index in [4.69, 9.17) is 25.7 Å². The molecular formula is C12H15N5O3. The average molecular weight is 277 g/mol. The maximum Gasteiger partial charge on any atom is 0.225 e. The summed E-state index contributed by atoms with van der Waals surface area (Å²) in [4.78, 5) is 11.8. The highest BCUT2D eigenvalue weighted by atomic mass is 16.5. The van der Waals surface area contributed by atoms with Crippen molar-refractivity contribution in [1.29, 1.82) is 0 Å². The molecule has 0 spiro atoms. The Balaban J connectivity index is 2.62. The van der Waals surface area contributed by atoms with Gasteiger partial charge in [0, 0.05) is 5.56 Å². The Morgan fingerprint density at radius 2 is 1.30 bits per heavy atom. The van der Waals surface area contributed by atoms with Gasteiger partial charge in [0.2, 0.25) is 17.6 Å². The van der Waals surface area contributed by atoms with Crippen molar-refractivity contribution >= 4 is 11.9 Å². The molecule has 0 bridgehead atoms. The fourth-order valence-electron chi connectivity index (χ4n) is 1.75. The molecule has 0 aliphatic heterocycles. The van der Waals surface area contributed by atoms with Gasteiger partial charge in [-0.2, -0.15) is 15.0 Å². The number of hydrogen-bond donors (Lipinski definition) is 2. The van der Waals surface area contributed by atoms with Crippen molar-refractivity contribution in [3.8, 4) is 28.6 Å². The fraction of sp³-hybridized carbons (Fsp3) is 0.250. The van der Waals surface area contributed by atoms with Gasteiger partial charge >= 0.3 is 0 Å². The first-order chi connectivity index (χ1) is 9.58. The molecule has 0 atom stereocenters. The molecule has 0 saturated heterocycles. The second-order valence-electron chi connectivity index (χ2n) is 3.79. The maximum atomic E-state index is 5.56. The molecule has 8 heteroatoms. The van der Waals surface area contributed by atoms with Crippen molar-refractivity contribution in [2.75, 3.05) is 32.8 Å². The number of methoxy groups -OCH3 is 3. The predicted molar refractivity (Wildman–Crippen MR) is 73.7 cm³/mol. The molecule has 0 fully saturated rings. The van der Waals surface area contributed by atoms with Crippen LogP contribution in [-0.4, -0.2) is 36.3 Å². The van der Waals surface area contributed by atoms with Crippen LogP contribution in [0, 0.1) is 0 Å². The summed E-state index contributed by atoms with van der Waals surface area (Å²) in [5.41, 5.74) is 11.8. The minimum Gasteiger partial charge on any atom is -0.493 e. The van der Waals surface area contributed by atoms with E-state index in [2.05, 4.69) is 15.0 Å². The Morgan fingerprint density at radius 1 is 0.800 bits per heavy atom. The van der Waals surface area contributed by atoms with E-state index in [1.165, 1.54) is 21.3 Å². The number of anilines is 2. The van der Waals surface area contributed by atoms with E-state index in [1.54, 1.807) is 12.1 Å². The highest BCUT2D eigenvalue weighted by molar-refractivity contribution is 5.67. The van der Waals surface area contributed by atoms with E-state index in [0.29, 0.717) is 28.6 Å². The van der Waals surface area contributed by atoms with Crippen LogP contribution < -0.4 is 25.7 Å². The first-order valence-electron chi connectivity index (χ1n) is 5.66. The largest absolute Gasteiger partial charge is 0.493 e. The van der Waals surface area contributed by atoms with Crippen LogP contribution in [0.2, 0.25) is 0 Å². The van der Waals surface area contributed by atoms with Crippen LogP contribution in [0.15, 0.2) is 12.1 Å². The lowest BCUT2D eigenvalue weighted by Gasteiger charge is -2.13. The van der Waals surface area contributed by atoms with Gasteiger partial charge in [-0.25, -0.2) is 0 Å². The first-order valence-corrected chi connectivity index (χ1v) is 5.66. The second kappa shape index (κ2) is 5.47. The van der Waals surface area contributed by atoms with Crippen molar-refractivity contribution in [3.63, 3.8) is 0 Å². The molecule has 0 aliphatic rings. The number of hydrogen-bond acceptors (Lipinski definition) is 8. The zero-order valence-electron chi connectivity index (χ0n) is 11.4. The second-order valence-corrected chi connectivity index (χ2v) is 3.79. The summed E-state index contributed by atoms with van der Waals surface area (Å²) >= 11 is 0. The molecule has 8 nitrogen and oxygen atoms in total. The molecule has 20 heavy (non-hydrogen) atoms. The van der Waals surface area contributed by atoms with E-state index in [1.807, 2.05) is 0 Å².